The van der Waals surface area contributed by atoms with Crippen LogP contribution in [0.2, 0.25) is 0 Å². The lowest BCUT2D eigenvalue weighted by molar-refractivity contribution is -0.123. The molecule has 0 bridgehead atoms. The molecule has 176 valence electrons. The van der Waals surface area contributed by atoms with E-state index in [9.17, 15) is 14.4 Å². The summed E-state index contributed by atoms with van der Waals surface area (Å²) in [7, 11) is 1.57. The summed E-state index contributed by atoms with van der Waals surface area (Å²) in [6, 6.07) is 10.8. The maximum atomic E-state index is 12.8. The molecule has 1 N–H and O–H groups in total. The number of Topliss-reactive ketones (excluding diaryl/α,β-unsaturated/α-hetero) is 1. The fourth-order valence-electron chi connectivity index (χ4n) is 3.59. The number of anilines is 1. The summed E-state index contributed by atoms with van der Waals surface area (Å²) in [4.78, 5) is 38.7. The van der Waals surface area contributed by atoms with Crippen LogP contribution in [0.5, 0.6) is 11.5 Å². The number of ketones is 1. The Balaban J connectivity index is 1.63. The lowest BCUT2D eigenvalue weighted by Gasteiger charge is -2.29. The van der Waals surface area contributed by atoms with Crippen LogP contribution in [-0.4, -0.2) is 57.6 Å². The van der Waals surface area contributed by atoms with E-state index in [4.69, 9.17) is 14.2 Å². The van der Waals surface area contributed by atoms with E-state index in [0.29, 0.717) is 48.9 Å². The number of benzene rings is 2. The number of ether oxygens (including phenoxy) is 3. The summed E-state index contributed by atoms with van der Waals surface area (Å²) in [6.07, 6.45) is 0.768. The highest BCUT2D eigenvalue weighted by atomic mass is 16.5. The molecule has 0 atom stereocenters. The fourth-order valence-corrected chi connectivity index (χ4v) is 3.59. The Hall–Kier alpha value is -3.39. The van der Waals surface area contributed by atoms with Crippen LogP contribution in [0, 0.1) is 13.8 Å². The molecular weight excluding hydrogens is 424 g/mol. The van der Waals surface area contributed by atoms with E-state index in [0.717, 1.165) is 11.1 Å². The molecule has 1 aliphatic rings. The Bertz CT molecular complexity index is 1020. The minimum Gasteiger partial charge on any atom is -0.485 e. The van der Waals surface area contributed by atoms with Crippen LogP contribution in [0.25, 0.3) is 0 Å². The molecule has 8 nitrogen and oxygen atoms in total. The third-order valence-corrected chi connectivity index (χ3v) is 5.33. The van der Waals surface area contributed by atoms with Crippen molar-refractivity contribution >= 4 is 23.3 Å². The van der Waals surface area contributed by atoms with E-state index < -0.39 is 0 Å². The second-order valence-electron chi connectivity index (χ2n) is 7.94. The highest BCUT2D eigenvalue weighted by molar-refractivity contribution is 6.02. The van der Waals surface area contributed by atoms with E-state index in [1.807, 2.05) is 32.0 Å². The number of carbonyl (C=O) groups excluding carboxylic acids is 3. The zero-order chi connectivity index (χ0) is 23.8. The molecule has 0 saturated heterocycles. The van der Waals surface area contributed by atoms with Gasteiger partial charge in [0.05, 0.1) is 12.3 Å². The van der Waals surface area contributed by atoms with Crippen LogP contribution < -0.4 is 19.7 Å². The zero-order valence-corrected chi connectivity index (χ0v) is 19.3. The van der Waals surface area contributed by atoms with Crippen molar-refractivity contribution in [2.45, 2.75) is 26.7 Å². The van der Waals surface area contributed by atoms with Crippen LogP contribution in [0.1, 0.15) is 34.3 Å². The van der Waals surface area contributed by atoms with E-state index in [1.165, 1.54) is 0 Å². The molecule has 1 aliphatic heterocycles. The molecule has 3 rings (SSSR count). The lowest BCUT2D eigenvalue weighted by atomic mass is 10.1. The summed E-state index contributed by atoms with van der Waals surface area (Å²) >= 11 is 0. The van der Waals surface area contributed by atoms with Crippen LogP contribution >= 0.6 is 0 Å². The molecule has 2 amide bonds. The number of hydrogen-bond donors (Lipinski definition) is 1. The Kier molecular flexibility index (Phi) is 8.43. The third-order valence-electron chi connectivity index (χ3n) is 5.33. The normalized spacial score (nSPS) is 12.7. The first-order valence-electron chi connectivity index (χ1n) is 10.9. The molecule has 0 fully saturated rings. The van der Waals surface area contributed by atoms with Crippen molar-refractivity contribution in [1.29, 1.82) is 0 Å². The molecule has 0 radical (unpaired) electrons. The molecule has 0 unspecified atom stereocenters. The minimum atomic E-state index is -0.210. The first-order chi connectivity index (χ1) is 15.9. The molecule has 33 heavy (non-hydrogen) atoms. The number of rotatable bonds is 11. The number of fused-ring (bicyclic) bond motifs is 1. The van der Waals surface area contributed by atoms with Gasteiger partial charge in [0.2, 0.25) is 5.91 Å². The van der Waals surface area contributed by atoms with Gasteiger partial charge in [-0.2, -0.15) is 0 Å². The van der Waals surface area contributed by atoms with Gasteiger partial charge in [0, 0.05) is 32.2 Å². The van der Waals surface area contributed by atoms with Crippen molar-refractivity contribution in [2.75, 3.05) is 44.9 Å². The van der Waals surface area contributed by atoms with Gasteiger partial charge in [0.25, 0.3) is 5.91 Å². The Morgan fingerprint density at radius 1 is 1.15 bits per heavy atom. The summed E-state index contributed by atoms with van der Waals surface area (Å²) in [6.45, 7) is 5.00. The molecule has 2 aromatic carbocycles. The summed E-state index contributed by atoms with van der Waals surface area (Å²) in [5.41, 5.74) is 3.05. The SMILES string of the molecule is COCCNC(=O)CCCN1C(=O)COc2ccc(C(=O)COc3ccc(C)cc3C)cc21. The monoisotopic (exact) mass is 454 g/mol. The predicted octanol–water partition coefficient (Wildman–Crippen LogP) is 2.83. The Morgan fingerprint density at radius 3 is 2.73 bits per heavy atom. The second kappa shape index (κ2) is 11.5. The van der Waals surface area contributed by atoms with Crippen molar-refractivity contribution in [3.63, 3.8) is 0 Å². The Labute approximate surface area is 193 Å². The summed E-state index contributed by atoms with van der Waals surface area (Å²) in [5, 5.41) is 2.76. The molecule has 0 spiro atoms. The average Bonchev–Trinajstić information content (AvgIpc) is 2.79. The number of hydrogen-bond acceptors (Lipinski definition) is 6. The van der Waals surface area contributed by atoms with E-state index in [2.05, 4.69) is 5.32 Å². The van der Waals surface area contributed by atoms with E-state index >= 15 is 0 Å². The topological polar surface area (TPSA) is 94.2 Å². The molecule has 0 saturated carbocycles. The molecule has 8 heteroatoms. The highest BCUT2D eigenvalue weighted by Gasteiger charge is 2.26. The van der Waals surface area contributed by atoms with Gasteiger partial charge in [0.15, 0.2) is 19.0 Å². The number of methoxy groups -OCH3 is 1. The second-order valence-corrected chi connectivity index (χ2v) is 7.94. The van der Waals surface area contributed by atoms with E-state index in [-0.39, 0.29) is 37.2 Å². The van der Waals surface area contributed by atoms with Crippen molar-refractivity contribution in [1.82, 2.24) is 5.32 Å². The average molecular weight is 455 g/mol. The number of nitrogens with zero attached hydrogens (tertiary/aromatic N) is 1. The quantitative estimate of drug-likeness (QED) is 0.415. The molecule has 1 heterocycles. The minimum absolute atomic E-state index is 0.0733. The van der Waals surface area contributed by atoms with Gasteiger partial charge in [-0.3, -0.25) is 14.4 Å². The van der Waals surface area contributed by atoms with Crippen LogP contribution in [0.4, 0.5) is 5.69 Å². The highest BCUT2D eigenvalue weighted by Crippen LogP contribution is 2.33. The summed E-state index contributed by atoms with van der Waals surface area (Å²) in [5.74, 6) is 0.689. The van der Waals surface area contributed by atoms with Gasteiger partial charge in [-0.25, -0.2) is 0 Å². The van der Waals surface area contributed by atoms with Crippen molar-refractivity contribution < 1.29 is 28.6 Å². The standard InChI is InChI=1S/C25H30N2O6/c1-17-6-8-22(18(2)13-17)32-15-21(28)19-7-9-23-20(14-19)27(25(30)16-33-23)11-4-5-24(29)26-10-12-31-3/h6-9,13-14H,4-5,10-12,15-16H2,1-3H3,(H,26,29). The van der Waals surface area contributed by atoms with E-state index in [1.54, 1.807) is 30.2 Å². The first kappa shape index (κ1) is 24.3. The number of carbonyl (C=O) groups is 3. The number of aryl methyl sites for hydroxylation is 2. The molecular formula is C25H30N2O6. The van der Waals surface area contributed by atoms with Crippen LogP contribution in [0.3, 0.4) is 0 Å². The zero-order valence-electron chi connectivity index (χ0n) is 19.3. The van der Waals surface area contributed by atoms with Crippen molar-refractivity contribution in [3.8, 4) is 11.5 Å². The van der Waals surface area contributed by atoms with Crippen LogP contribution in [-0.2, 0) is 14.3 Å². The van der Waals surface area contributed by atoms with Gasteiger partial charge in [-0.05, 0) is 50.1 Å². The molecule has 0 aliphatic carbocycles. The summed E-state index contributed by atoms with van der Waals surface area (Å²) < 4.78 is 16.2. The fraction of sp³-hybridized carbons (Fsp3) is 0.400. The van der Waals surface area contributed by atoms with Gasteiger partial charge >= 0.3 is 0 Å². The van der Waals surface area contributed by atoms with Crippen molar-refractivity contribution in [2.24, 2.45) is 0 Å². The number of amides is 2. The number of nitrogens with one attached hydrogen (secondary N) is 1. The smallest absolute Gasteiger partial charge is 0.265 e. The third kappa shape index (κ3) is 6.55. The molecule has 0 aromatic heterocycles. The van der Waals surface area contributed by atoms with Gasteiger partial charge < -0.3 is 24.4 Å². The van der Waals surface area contributed by atoms with Crippen molar-refractivity contribution in [3.05, 3.63) is 53.1 Å². The lowest BCUT2D eigenvalue weighted by Crippen LogP contribution is -2.40. The largest absolute Gasteiger partial charge is 0.485 e. The van der Waals surface area contributed by atoms with Gasteiger partial charge in [-0.1, -0.05) is 17.7 Å². The maximum Gasteiger partial charge on any atom is 0.265 e. The Morgan fingerprint density at radius 2 is 1.97 bits per heavy atom. The van der Waals surface area contributed by atoms with Gasteiger partial charge in [0.1, 0.15) is 11.5 Å². The maximum absolute atomic E-state index is 12.8. The molecule has 2 aromatic rings. The van der Waals surface area contributed by atoms with Crippen LogP contribution in [0.15, 0.2) is 36.4 Å². The van der Waals surface area contributed by atoms with Gasteiger partial charge in [-0.15, -0.1) is 0 Å². The first-order valence-corrected chi connectivity index (χ1v) is 10.9. The predicted molar refractivity (Wildman–Crippen MR) is 124 cm³/mol.